The van der Waals surface area contributed by atoms with E-state index in [0.29, 0.717) is 32.0 Å². The Morgan fingerprint density at radius 1 is 1.32 bits per heavy atom. The number of nitro groups is 1. The van der Waals surface area contributed by atoms with Crippen LogP contribution in [0.4, 0.5) is 17.5 Å². The highest BCUT2D eigenvalue weighted by molar-refractivity contribution is 5.80. The molecule has 2 fully saturated rings. The molecule has 0 radical (unpaired) electrons. The molecule has 0 unspecified atom stereocenters. The number of hydrogen-bond acceptors (Lipinski definition) is 9. The summed E-state index contributed by atoms with van der Waals surface area (Å²) in [6, 6.07) is 0.245. The summed E-state index contributed by atoms with van der Waals surface area (Å²) < 4.78 is 0. The first-order valence-electron chi connectivity index (χ1n) is 9.63. The van der Waals surface area contributed by atoms with Crippen LogP contribution >= 0.6 is 0 Å². The zero-order chi connectivity index (χ0) is 20.1. The van der Waals surface area contributed by atoms with E-state index < -0.39 is 11.0 Å². The van der Waals surface area contributed by atoms with Crippen LogP contribution in [0.1, 0.15) is 32.1 Å². The van der Waals surface area contributed by atoms with Crippen molar-refractivity contribution in [2.45, 2.75) is 44.2 Å². The Morgan fingerprint density at radius 2 is 2.07 bits per heavy atom. The van der Waals surface area contributed by atoms with Gasteiger partial charge >= 0.3 is 5.69 Å². The van der Waals surface area contributed by atoms with E-state index in [4.69, 9.17) is 5.73 Å². The molecule has 1 saturated carbocycles. The van der Waals surface area contributed by atoms with Crippen LogP contribution in [0.25, 0.3) is 0 Å². The van der Waals surface area contributed by atoms with Crippen LogP contribution in [-0.2, 0) is 4.79 Å². The standard InChI is InChI=1S/C17H27N7O4/c18-12-3-1-11(2-4-12)7-19-16-14(24(27)28)8-20-17(22-16)21-9-15(26)23-6-5-13(25)10-23/h8,11-13,25H,1-7,9-10,18H2,(H2,19,20,21,22)/t11-,12-,13-/m1/s1. The Labute approximate surface area is 162 Å². The third kappa shape index (κ3) is 5.26. The molecule has 1 atom stereocenters. The van der Waals surface area contributed by atoms with E-state index in [9.17, 15) is 20.0 Å². The molecular formula is C17H27N7O4. The number of aliphatic hydroxyl groups excluding tert-OH is 1. The highest BCUT2D eigenvalue weighted by Gasteiger charge is 2.25. The second-order valence-corrected chi connectivity index (χ2v) is 7.48. The number of β-amino-alcohol motifs (C(OH)–C–C–N with tert-alkyl or cyclic N) is 1. The minimum absolute atomic E-state index is 0.0372. The quantitative estimate of drug-likeness (QED) is 0.378. The fourth-order valence-corrected chi connectivity index (χ4v) is 3.59. The van der Waals surface area contributed by atoms with E-state index >= 15 is 0 Å². The molecule has 5 N–H and O–H groups in total. The molecule has 28 heavy (non-hydrogen) atoms. The average molecular weight is 393 g/mol. The monoisotopic (exact) mass is 393 g/mol. The maximum Gasteiger partial charge on any atom is 0.329 e. The number of aliphatic hydroxyl groups is 1. The summed E-state index contributed by atoms with van der Waals surface area (Å²) in [4.78, 5) is 32.6. The molecule has 11 nitrogen and oxygen atoms in total. The van der Waals surface area contributed by atoms with Crippen LogP contribution in [0.2, 0.25) is 0 Å². The number of hydrogen-bond donors (Lipinski definition) is 4. The van der Waals surface area contributed by atoms with Crippen molar-refractivity contribution in [1.29, 1.82) is 0 Å². The molecule has 11 heteroatoms. The van der Waals surface area contributed by atoms with Gasteiger partial charge < -0.3 is 26.4 Å². The summed E-state index contributed by atoms with van der Waals surface area (Å²) in [6.45, 7) is 1.37. The summed E-state index contributed by atoms with van der Waals surface area (Å²) >= 11 is 0. The van der Waals surface area contributed by atoms with Crippen molar-refractivity contribution in [2.75, 3.05) is 36.8 Å². The number of nitrogens with one attached hydrogen (secondary N) is 2. The number of likely N-dealkylation sites (tertiary alicyclic amines) is 1. The number of anilines is 2. The summed E-state index contributed by atoms with van der Waals surface area (Å²) in [5.41, 5.74) is 5.71. The number of nitrogens with zero attached hydrogens (tertiary/aromatic N) is 4. The molecule has 1 aromatic rings. The Kier molecular flexibility index (Phi) is 6.57. The predicted octanol–water partition coefficient (Wildman–Crippen LogP) is 0.319. The molecule has 1 aliphatic heterocycles. The van der Waals surface area contributed by atoms with E-state index in [1.807, 2.05) is 0 Å². The Hall–Kier alpha value is -2.53. The van der Waals surface area contributed by atoms with Gasteiger partial charge in [0, 0.05) is 25.7 Å². The van der Waals surface area contributed by atoms with Gasteiger partial charge in [-0.25, -0.2) is 4.98 Å². The largest absolute Gasteiger partial charge is 0.391 e. The van der Waals surface area contributed by atoms with Crippen LogP contribution in [0, 0.1) is 16.0 Å². The number of rotatable bonds is 7. The van der Waals surface area contributed by atoms with Crippen LogP contribution in [0.15, 0.2) is 6.20 Å². The maximum absolute atomic E-state index is 12.1. The number of nitrogens with two attached hydrogens (primary N) is 1. The van der Waals surface area contributed by atoms with Crippen LogP contribution in [0.3, 0.4) is 0 Å². The summed E-state index contributed by atoms with van der Waals surface area (Å²) in [5, 5.41) is 26.7. The predicted molar refractivity (Wildman–Crippen MR) is 103 cm³/mol. The summed E-state index contributed by atoms with van der Waals surface area (Å²) in [5.74, 6) is 0.508. The van der Waals surface area contributed by atoms with Gasteiger partial charge in [0.2, 0.25) is 17.7 Å². The Morgan fingerprint density at radius 3 is 2.71 bits per heavy atom. The molecule has 2 heterocycles. The Bertz CT molecular complexity index is 709. The van der Waals surface area contributed by atoms with Gasteiger partial charge in [-0.2, -0.15) is 4.98 Å². The fraction of sp³-hybridized carbons (Fsp3) is 0.706. The first kappa shape index (κ1) is 20.2. The number of carbonyl (C=O) groups is 1. The van der Waals surface area contributed by atoms with Crippen molar-refractivity contribution in [1.82, 2.24) is 14.9 Å². The van der Waals surface area contributed by atoms with Gasteiger partial charge in [-0.15, -0.1) is 0 Å². The van der Waals surface area contributed by atoms with Crippen molar-refractivity contribution < 1.29 is 14.8 Å². The van der Waals surface area contributed by atoms with Crippen molar-refractivity contribution in [3.8, 4) is 0 Å². The maximum atomic E-state index is 12.1. The molecule has 1 aromatic heterocycles. The number of carbonyl (C=O) groups excluding carboxylic acids is 1. The minimum Gasteiger partial charge on any atom is -0.391 e. The van der Waals surface area contributed by atoms with Crippen LogP contribution in [-0.4, -0.2) is 69.1 Å². The van der Waals surface area contributed by atoms with Crippen molar-refractivity contribution in [2.24, 2.45) is 11.7 Å². The third-order valence-corrected chi connectivity index (χ3v) is 5.33. The first-order chi connectivity index (χ1) is 13.4. The van der Waals surface area contributed by atoms with Gasteiger partial charge in [0.15, 0.2) is 0 Å². The molecule has 1 amide bonds. The molecule has 1 saturated heterocycles. The lowest BCUT2D eigenvalue weighted by atomic mass is 9.86. The van der Waals surface area contributed by atoms with Crippen LogP contribution < -0.4 is 16.4 Å². The SMILES string of the molecule is N[C@H]1CC[C@H](CNc2nc(NCC(=O)N3CC[C@@H](O)C3)ncc2[N+](=O)[O-])CC1. The van der Waals surface area contributed by atoms with Crippen LogP contribution in [0.5, 0.6) is 0 Å². The second kappa shape index (κ2) is 9.11. The lowest BCUT2D eigenvalue weighted by Gasteiger charge is -2.26. The van der Waals surface area contributed by atoms with E-state index in [1.165, 1.54) is 0 Å². The summed E-state index contributed by atoms with van der Waals surface area (Å²) in [7, 11) is 0. The molecule has 154 valence electrons. The topological polar surface area (TPSA) is 160 Å². The van der Waals surface area contributed by atoms with E-state index in [2.05, 4.69) is 20.6 Å². The molecular weight excluding hydrogens is 366 g/mol. The molecule has 0 spiro atoms. The molecule has 3 rings (SSSR count). The summed E-state index contributed by atoms with van der Waals surface area (Å²) in [6.07, 6.45) is 5.10. The molecule has 0 bridgehead atoms. The highest BCUT2D eigenvalue weighted by atomic mass is 16.6. The van der Waals surface area contributed by atoms with Gasteiger partial charge in [-0.05, 0) is 38.0 Å². The van der Waals surface area contributed by atoms with Gasteiger partial charge in [0.1, 0.15) is 6.20 Å². The highest BCUT2D eigenvalue weighted by Crippen LogP contribution is 2.26. The second-order valence-electron chi connectivity index (χ2n) is 7.48. The van der Waals surface area contributed by atoms with Crippen molar-refractivity contribution in [3.63, 3.8) is 0 Å². The van der Waals surface area contributed by atoms with E-state index in [1.54, 1.807) is 4.90 Å². The lowest BCUT2D eigenvalue weighted by Crippen LogP contribution is -2.34. The first-order valence-corrected chi connectivity index (χ1v) is 9.63. The zero-order valence-corrected chi connectivity index (χ0v) is 15.7. The van der Waals surface area contributed by atoms with Gasteiger partial charge in [-0.3, -0.25) is 14.9 Å². The zero-order valence-electron chi connectivity index (χ0n) is 15.7. The molecule has 2 aliphatic rings. The van der Waals surface area contributed by atoms with E-state index in [-0.39, 0.29) is 35.9 Å². The van der Waals surface area contributed by atoms with Gasteiger partial charge in [0.25, 0.3) is 0 Å². The van der Waals surface area contributed by atoms with Gasteiger partial charge in [0.05, 0.1) is 17.6 Å². The fourth-order valence-electron chi connectivity index (χ4n) is 3.59. The minimum atomic E-state index is -0.528. The lowest BCUT2D eigenvalue weighted by molar-refractivity contribution is -0.384. The van der Waals surface area contributed by atoms with Crippen molar-refractivity contribution in [3.05, 3.63) is 16.3 Å². The van der Waals surface area contributed by atoms with Gasteiger partial charge in [-0.1, -0.05) is 0 Å². The number of aromatic nitrogens is 2. The smallest absolute Gasteiger partial charge is 0.329 e. The number of amides is 1. The molecule has 1 aliphatic carbocycles. The molecule has 0 aromatic carbocycles. The Balaban J connectivity index is 1.59. The van der Waals surface area contributed by atoms with E-state index in [0.717, 1.165) is 31.9 Å². The van der Waals surface area contributed by atoms with Crippen molar-refractivity contribution >= 4 is 23.4 Å². The average Bonchev–Trinajstić information content (AvgIpc) is 3.12. The normalized spacial score (nSPS) is 24.8. The third-order valence-electron chi connectivity index (χ3n) is 5.33.